The third-order valence-electron chi connectivity index (χ3n) is 6.08. The van der Waals surface area contributed by atoms with Crippen molar-refractivity contribution < 1.29 is 27.4 Å². The summed E-state index contributed by atoms with van der Waals surface area (Å²) in [5.41, 5.74) is 0.00355. The molecular weight excluding hydrogens is 481 g/mol. The average Bonchev–Trinajstić information content (AvgIpc) is 2.91. The van der Waals surface area contributed by atoms with Crippen LogP contribution in [0.5, 0.6) is 11.5 Å². The number of carbonyl (C=O) groups is 1. The molecule has 37 heavy (non-hydrogen) atoms. The van der Waals surface area contributed by atoms with Crippen molar-refractivity contribution in [2.24, 2.45) is 0 Å². The third-order valence-corrected chi connectivity index (χ3v) is 6.08. The molecule has 0 aliphatic rings. The molecule has 0 aliphatic carbocycles. The SMILES string of the molecule is CCCCC(C)(F)C(=O)Oc1ccc(-c2cnc(-c3ccccc3OC(CC)C(F)C(C)F)nc2)cc1. The van der Waals surface area contributed by atoms with Gasteiger partial charge >= 0.3 is 5.97 Å². The summed E-state index contributed by atoms with van der Waals surface area (Å²) in [6.07, 6.45) is 0.721. The molecular formula is C29H33F3N2O3. The van der Waals surface area contributed by atoms with E-state index in [4.69, 9.17) is 9.47 Å². The fourth-order valence-electron chi connectivity index (χ4n) is 3.74. The third kappa shape index (κ3) is 7.31. The summed E-state index contributed by atoms with van der Waals surface area (Å²) in [4.78, 5) is 21.1. The number of carbonyl (C=O) groups excluding carboxylic acids is 1. The Labute approximate surface area is 216 Å². The van der Waals surface area contributed by atoms with Gasteiger partial charge in [-0.1, -0.05) is 44.5 Å². The summed E-state index contributed by atoms with van der Waals surface area (Å²) >= 11 is 0. The van der Waals surface area contributed by atoms with Crippen LogP contribution in [0.3, 0.4) is 0 Å². The Kier molecular flexibility index (Phi) is 9.66. The van der Waals surface area contributed by atoms with Gasteiger partial charge in [-0.3, -0.25) is 0 Å². The topological polar surface area (TPSA) is 61.3 Å². The number of aromatic nitrogens is 2. The van der Waals surface area contributed by atoms with E-state index in [0.717, 1.165) is 12.0 Å². The summed E-state index contributed by atoms with van der Waals surface area (Å²) < 4.78 is 53.4. The number of benzene rings is 2. The van der Waals surface area contributed by atoms with Crippen LogP contribution in [0.15, 0.2) is 60.9 Å². The molecule has 3 rings (SSSR count). The lowest BCUT2D eigenvalue weighted by atomic mass is 10.0. The summed E-state index contributed by atoms with van der Waals surface area (Å²) in [6.45, 7) is 6.08. The molecule has 3 aromatic rings. The molecule has 1 aromatic heterocycles. The highest BCUT2D eigenvalue weighted by Crippen LogP contribution is 2.31. The molecule has 2 aromatic carbocycles. The summed E-state index contributed by atoms with van der Waals surface area (Å²) in [5.74, 6) is 0.0813. The summed E-state index contributed by atoms with van der Waals surface area (Å²) in [7, 11) is 0. The lowest BCUT2D eigenvalue weighted by Gasteiger charge is -2.23. The van der Waals surface area contributed by atoms with Crippen LogP contribution in [0.2, 0.25) is 0 Å². The Morgan fingerprint density at radius 1 is 1.00 bits per heavy atom. The molecule has 5 nitrogen and oxygen atoms in total. The number of alkyl halides is 3. The van der Waals surface area contributed by atoms with E-state index in [0.29, 0.717) is 35.5 Å². The number of rotatable bonds is 12. The number of nitrogens with zero attached hydrogens (tertiary/aromatic N) is 2. The van der Waals surface area contributed by atoms with Gasteiger partial charge in [-0.05, 0) is 62.9 Å². The van der Waals surface area contributed by atoms with Crippen molar-refractivity contribution in [2.45, 2.75) is 77.5 Å². The van der Waals surface area contributed by atoms with Gasteiger partial charge in [-0.15, -0.1) is 0 Å². The molecule has 0 N–H and O–H groups in total. The van der Waals surface area contributed by atoms with Gasteiger partial charge in [0, 0.05) is 18.0 Å². The van der Waals surface area contributed by atoms with Crippen LogP contribution >= 0.6 is 0 Å². The van der Waals surface area contributed by atoms with Gasteiger partial charge in [0.1, 0.15) is 23.8 Å². The normalized spacial score (nSPS) is 15.3. The second kappa shape index (κ2) is 12.7. The monoisotopic (exact) mass is 514 g/mol. The molecule has 1 heterocycles. The highest BCUT2D eigenvalue weighted by atomic mass is 19.2. The van der Waals surface area contributed by atoms with E-state index in [2.05, 4.69) is 9.97 Å². The fraction of sp³-hybridized carbons (Fsp3) is 0.414. The number of unbranched alkanes of at least 4 members (excludes halogenated alkanes) is 1. The second-order valence-corrected chi connectivity index (χ2v) is 9.19. The molecule has 8 heteroatoms. The van der Waals surface area contributed by atoms with E-state index >= 15 is 0 Å². The minimum absolute atomic E-state index is 0.112. The largest absolute Gasteiger partial charge is 0.487 e. The molecule has 0 spiro atoms. The molecule has 0 fully saturated rings. The molecule has 4 unspecified atom stereocenters. The summed E-state index contributed by atoms with van der Waals surface area (Å²) in [5, 5.41) is 0. The first-order chi connectivity index (χ1) is 17.7. The van der Waals surface area contributed by atoms with Crippen LogP contribution < -0.4 is 9.47 Å². The van der Waals surface area contributed by atoms with Crippen LogP contribution in [0.1, 0.15) is 53.4 Å². The van der Waals surface area contributed by atoms with Crippen molar-refractivity contribution in [3.8, 4) is 34.0 Å². The number of para-hydroxylation sites is 1. The Balaban J connectivity index is 1.73. The molecule has 198 valence electrons. The molecule has 4 atom stereocenters. The van der Waals surface area contributed by atoms with E-state index in [1.807, 2.05) is 6.92 Å². The Morgan fingerprint density at radius 2 is 1.65 bits per heavy atom. The van der Waals surface area contributed by atoms with Crippen molar-refractivity contribution in [2.75, 3.05) is 0 Å². The van der Waals surface area contributed by atoms with Crippen LogP contribution in [-0.4, -0.2) is 40.1 Å². The molecule has 0 bridgehead atoms. The Morgan fingerprint density at radius 3 is 2.24 bits per heavy atom. The number of esters is 1. The van der Waals surface area contributed by atoms with Gasteiger partial charge in [0.15, 0.2) is 12.0 Å². The first-order valence-corrected chi connectivity index (χ1v) is 12.5. The molecule has 0 saturated heterocycles. The van der Waals surface area contributed by atoms with E-state index in [1.165, 1.54) is 13.8 Å². The van der Waals surface area contributed by atoms with Gasteiger partial charge in [0.05, 0.1) is 5.56 Å². The standard InChI is InChI=1S/C29H33F3N2O3/c1-5-7-16-29(4,32)28(35)36-22-14-12-20(13-15-22)21-17-33-27(34-18-21)23-10-8-9-11-25(23)37-24(6-2)26(31)19(3)30/h8-15,17-19,24,26H,5-7,16H2,1-4H3. The Hall–Kier alpha value is -3.42. The predicted octanol–water partition coefficient (Wildman–Crippen LogP) is 7.49. The zero-order valence-corrected chi connectivity index (χ0v) is 21.6. The lowest BCUT2D eigenvalue weighted by Crippen LogP contribution is -2.34. The molecule has 0 aliphatic heterocycles. The van der Waals surface area contributed by atoms with Crippen LogP contribution in [-0.2, 0) is 4.79 Å². The van der Waals surface area contributed by atoms with Gasteiger partial charge in [0.2, 0.25) is 5.67 Å². The number of hydrogen-bond donors (Lipinski definition) is 0. The second-order valence-electron chi connectivity index (χ2n) is 9.19. The van der Waals surface area contributed by atoms with Gasteiger partial charge < -0.3 is 9.47 Å². The maximum Gasteiger partial charge on any atom is 0.348 e. The highest BCUT2D eigenvalue weighted by molar-refractivity contribution is 5.81. The van der Waals surface area contributed by atoms with Crippen LogP contribution in [0, 0.1) is 0 Å². The quantitative estimate of drug-likeness (QED) is 0.185. The van der Waals surface area contributed by atoms with Gasteiger partial charge in [-0.2, -0.15) is 0 Å². The predicted molar refractivity (Wildman–Crippen MR) is 138 cm³/mol. The summed E-state index contributed by atoms with van der Waals surface area (Å²) in [6, 6.07) is 13.6. The maximum absolute atomic E-state index is 14.5. The van der Waals surface area contributed by atoms with E-state index < -0.39 is 30.1 Å². The smallest absolute Gasteiger partial charge is 0.348 e. The molecule has 0 amide bonds. The van der Waals surface area contributed by atoms with E-state index in [9.17, 15) is 18.0 Å². The lowest BCUT2D eigenvalue weighted by molar-refractivity contribution is -0.147. The zero-order chi connectivity index (χ0) is 27.0. The van der Waals surface area contributed by atoms with E-state index in [-0.39, 0.29) is 12.2 Å². The average molecular weight is 515 g/mol. The molecule has 0 saturated carbocycles. The van der Waals surface area contributed by atoms with Gasteiger partial charge in [0.25, 0.3) is 0 Å². The van der Waals surface area contributed by atoms with Crippen molar-refractivity contribution in [1.82, 2.24) is 9.97 Å². The first-order valence-electron chi connectivity index (χ1n) is 12.5. The van der Waals surface area contributed by atoms with Gasteiger partial charge in [-0.25, -0.2) is 27.9 Å². The minimum atomic E-state index is -2.04. The van der Waals surface area contributed by atoms with Crippen molar-refractivity contribution in [3.05, 3.63) is 60.9 Å². The number of ether oxygens (including phenoxy) is 2. The highest BCUT2D eigenvalue weighted by Gasteiger charge is 2.34. The maximum atomic E-state index is 14.5. The first kappa shape index (κ1) is 28.2. The number of halogens is 3. The zero-order valence-electron chi connectivity index (χ0n) is 21.6. The van der Waals surface area contributed by atoms with Crippen LogP contribution in [0.25, 0.3) is 22.5 Å². The van der Waals surface area contributed by atoms with Crippen molar-refractivity contribution >= 4 is 5.97 Å². The van der Waals surface area contributed by atoms with Crippen molar-refractivity contribution in [1.29, 1.82) is 0 Å². The van der Waals surface area contributed by atoms with Crippen LogP contribution in [0.4, 0.5) is 13.2 Å². The van der Waals surface area contributed by atoms with Crippen molar-refractivity contribution in [3.63, 3.8) is 0 Å². The Bertz CT molecular complexity index is 1150. The fourth-order valence-corrected chi connectivity index (χ4v) is 3.74. The minimum Gasteiger partial charge on any atom is -0.487 e. The number of hydrogen-bond acceptors (Lipinski definition) is 5. The molecule has 0 radical (unpaired) electrons. The van der Waals surface area contributed by atoms with E-state index in [1.54, 1.807) is 67.8 Å².